The largest absolute Gasteiger partial charge is 0.494 e. The Bertz CT molecular complexity index is 1600. The van der Waals surface area contributed by atoms with Gasteiger partial charge in [-0.1, -0.05) is 81.1 Å². The number of carbonyl (C=O) groups excluding carboxylic acids is 2. The summed E-state index contributed by atoms with van der Waals surface area (Å²) in [5.41, 5.74) is 5.19. The summed E-state index contributed by atoms with van der Waals surface area (Å²) in [5, 5.41) is 24.4. The number of rotatable bonds is 17. The number of carbonyl (C=O) groups is 2. The lowest BCUT2D eigenvalue weighted by Gasteiger charge is -2.22. The van der Waals surface area contributed by atoms with E-state index in [1.165, 1.54) is 51.0 Å². The second-order valence-electron chi connectivity index (χ2n) is 12.6. The normalized spacial score (nSPS) is 13.9. The molecule has 252 valence electrons. The fourth-order valence-corrected chi connectivity index (χ4v) is 5.46. The Kier molecular flexibility index (Phi) is 12.3. The Morgan fingerprint density at radius 2 is 1.46 bits per heavy atom. The van der Waals surface area contributed by atoms with Crippen LogP contribution in [0.15, 0.2) is 85.2 Å². The Labute approximate surface area is 282 Å². The molecule has 1 fully saturated rings. The number of nitrogens with one attached hydrogen (secondary N) is 2. The topological polar surface area (TPSA) is 134 Å². The van der Waals surface area contributed by atoms with Gasteiger partial charge in [0, 0.05) is 35.5 Å². The minimum absolute atomic E-state index is 0.199. The summed E-state index contributed by atoms with van der Waals surface area (Å²) in [5.74, 6) is 1.11. The molecule has 9 heteroatoms. The molecule has 0 saturated heterocycles. The van der Waals surface area contributed by atoms with E-state index in [1.54, 1.807) is 24.5 Å². The fourth-order valence-electron chi connectivity index (χ4n) is 5.46. The summed E-state index contributed by atoms with van der Waals surface area (Å²) in [6, 6.07) is 21.1. The molecular formula is C39H46N4O5. The van der Waals surface area contributed by atoms with Gasteiger partial charge in [0.25, 0.3) is 5.91 Å². The second kappa shape index (κ2) is 17.0. The van der Waals surface area contributed by atoms with Crippen molar-refractivity contribution in [3.63, 3.8) is 0 Å². The van der Waals surface area contributed by atoms with Crippen LogP contribution in [0.3, 0.4) is 0 Å². The highest BCUT2D eigenvalue weighted by atomic mass is 16.5. The van der Waals surface area contributed by atoms with Crippen molar-refractivity contribution in [2.45, 2.75) is 89.5 Å². The third-order valence-corrected chi connectivity index (χ3v) is 8.67. The number of unbranched alkanes of at least 4 members (excludes halogenated alkanes) is 4. The molecule has 0 bridgehead atoms. The van der Waals surface area contributed by atoms with Gasteiger partial charge >= 0.3 is 0 Å². The number of amides is 2. The molecular weight excluding hydrogens is 604 g/mol. The Hall–Kier alpha value is -4.60. The molecule has 1 saturated carbocycles. The van der Waals surface area contributed by atoms with Gasteiger partial charge in [-0.15, -0.1) is 0 Å². The first-order valence-corrected chi connectivity index (χ1v) is 17.0. The van der Waals surface area contributed by atoms with Crippen LogP contribution >= 0.6 is 0 Å². The Balaban J connectivity index is 1.20. The van der Waals surface area contributed by atoms with Crippen molar-refractivity contribution in [1.29, 1.82) is 0 Å². The first kappa shape index (κ1) is 34.7. The highest BCUT2D eigenvalue weighted by Gasteiger charge is 2.26. The molecule has 1 aromatic heterocycles. The molecule has 1 aliphatic carbocycles. The van der Waals surface area contributed by atoms with Gasteiger partial charge < -0.3 is 25.6 Å². The monoisotopic (exact) mass is 650 g/mol. The van der Waals surface area contributed by atoms with Crippen molar-refractivity contribution in [3.8, 4) is 28.3 Å². The van der Waals surface area contributed by atoms with Crippen LogP contribution in [-0.2, 0) is 11.2 Å². The van der Waals surface area contributed by atoms with E-state index < -0.39 is 24.3 Å². The molecule has 3 aromatic carbocycles. The Morgan fingerprint density at radius 1 is 0.812 bits per heavy atom. The van der Waals surface area contributed by atoms with Crippen molar-refractivity contribution >= 4 is 11.8 Å². The van der Waals surface area contributed by atoms with Gasteiger partial charge in [-0.25, -0.2) is 9.97 Å². The van der Waals surface area contributed by atoms with Crippen LogP contribution in [0.1, 0.15) is 86.2 Å². The summed E-state index contributed by atoms with van der Waals surface area (Å²) >= 11 is 0. The summed E-state index contributed by atoms with van der Waals surface area (Å²) in [6.45, 7) is 4.43. The third kappa shape index (κ3) is 9.95. The van der Waals surface area contributed by atoms with Crippen molar-refractivity contribution < 1.29 is 24.5 Å². The van der Waals surface area contributed by atoms with E-state index in [4.69, 9.17) is 4.74 Å². The highest BCUT2D eigenvalue weighted by Crippen LogP contribution is 2.39. The third-order valence-electron chi connectivity index (χ3n) is 8.67. The smallest absolute Gasteiger partial charge is 0.251 e. The molecule has 1 aliphatic rings. The van der Waals surface area contributed by atoms with Crippen molar-refractivity contribution in [3.05, 3.63) is 102 Å². The molecule has 4 aromatic rings. The number of aliphatic hydroxyl groups excluding tert-OH is 1. The molecule has 2 amide bonds. The number of benzene rings is 3. The first-order valence-electron chi connectivity index (χ1n) is 17.0. The molecule has 1 heterocycles. The lowest BCUT2D eigenvalue weighted by molar-refractivity contribution is -0.128. The predicted molar refractivity (Wildman–Crippen MR) is 186 cm³/mol. The molecule has 4 N–H and O–H groups in total. The van der Waals surface area contributed by atoms with E-state index in [9.17, 15) is 19.8 Å². The molecule has 0 aliphatic heterocycles. The lowest BCUT2D eigenvalue weighted by Crippen LogP contribution is -2.52. The van der Waals surface area contributed by atoms with Crippen LogP contribution in [-0.4, -0.2) is 57.0 Å². The maximum atomic E-state index is 13.2. The SMILES string of the molecule is CCCCCCCOc1ccc(-c2cnc(-c3ccc(C[C@H](NC(=O)c4ccc(C5CC5)cc4)C(=O)N[C@H](C)C(O)O)cc3)nc2)cc1. The van der Waals surface area contributed by atoms with Crippen LogP contribution in [0.25, 0.3) is 22.5 Å². The maximum Gasteiger partial charge on any atom is 0.251 e. The number of aliphatic hydroxyl groups is 2. The zero-order valence-electron chi connectivity index (χ0n) is 27.8. The van der Waals surface area contributed by atoms with Gasteiger partial charge in [-0.05, 0) is 73.1 Å². The van der Waals surface area contributed by atoms with E-state index in [0.717, 1.165) is 41.0 Å². The number of ether oxygens (including phenoxy) is 1. The highest BCUT2D eigenvalue weighted by molar-refractivity contribution is 5.97. The lowest BCUT2D eigenvalue weighted by atomic mass is 10.0. The van der Waals surface area contributed by atoms with Crippen molar-refractivity contribution in [2.24, 2.45) is 0 Å². The summed E-state index contributed by atoms with van der Waals surface area (Å²) in [4.78, 5) is 35.4. The zero-order valence-corrected chi connectivity index (χ0v) is 27.8. The van der Waals surface area contributed by atoms with E-state index in [1.807, 2.05) is 60.7 Å². The minimum Gasteiger partial charge on any atom is -0.494 e. The molecule has 9 nitrogen and oxygen atoms in total. The molecule has 0 radical (unpaired) electrons. The molecule has 0 spiro atoms. The average molecular weight is 651 g/mol. The van der Waals surface area contributed by atoms with E-state index in [0.29, 0.717) is 17.3 Å². The maximum absolute atomic E-state index is 13.2. The van der Waals surface area contributed by atoms with E-state index >= 15 is 0 Å². The summed E-state index contributed by atoms with van der Waals surface area (Å²) in [6.07, 6.45) is 10.4. The number of aromatic nitrogens is 2. The predicted octanol–water partition coefficient (Wildman–Crippen LogP) is 6.19. The molecule has 0 unspecified atom stereocenters. The fraction of sp³-hybridized carbons (Fsp3) is 0.385. The number of hydrogen-bond donors (Lipinski definition) is 4. The van der Waals surface area contributed by atoms with Gasteiger partial charge in [0.15, 0.2) is 12.1 Å². The van der Waals surface area contributed by atoms with Gasteiger partial charge in [0.05, 0.1) is 12.6 Å². The van der Waals surface area contributed by atoms with Gasteiger partial charge in [-0.2, -0.15) is 0 Å². The van der Waals surface area contributed by atoms with Crippen LogP contribution in [0.5, 0.6) is 5.75 Å². The molecule has 5 rings (SSSR count). The average Bonchev–Trinajstić information content (AvgIpc) is 3.96. The first-order chi connectivity index (χ1) is 23.3. The van der Waals surface area contributed by atoms with Crippen LogP contribution in [0.2, 0.25) is 0 Å². The van der Waals surface area contributed by atoms with Gasteiger partial charge in [0.2, 0.25) is 5.91 Å². The van der Waals surface area contributed by atoms with Gasteiger partial charge in [0.1, 0.15) is 11.8 Å². The molecule has 2 atom stereocenters. The number of nitrogens with zero attached hydrogens (tertiary/aromatic N) is 2. The summed E-state index contributed by atoms with van der Waals surface area (Å²) < 4.78 is 5.88. The van der Waals surface area contributed by atoms with Crippen LogP contribution in [0, 0.1) is 0 Å². The number of hydrogen-bond acceptors (Lipinski definition) is 7. The van der Waals surface area contributed by atoms with Crippen LogP contribution in [0.4, 0.5) is 0 Å². The zero-order chi connectivity index (χ0) is 33.9. The van der Waals surface area contributed by atoms with E-state index in [2.05, 4.69) is 27.5 Å². The summed E-state index contributed by atoms with van der Waals surface area (Å²) in [7, 11) is 0. The quantitative estimate of drug-likeness (QED) is 0.0791. The Morgan fingerprint density at radius 3 is 2.08 bits per heavy atom. The van der Waals surface area contributed by atoms with Crippen LogP contribution < -0.4 is 15.4 Å². The van der Waals surface area contributed by atoms with Crippen molar-refractivity contribution in [1.82, 2.24) is 20.6 Å². The van der Waals surface area contributed by atoms with E-state index in [-0.39, 0.29) is 12.3 Å². The minimum atomic E-state index is -1.73. The standard InChI is InChI=1S/C39H46N4O5/c1-3-4-5-6-7-22-48-34-20-18-30(19-21-34)33-24-40-36(41-25-33)31-10-8-27(9-11-31)23-35(38(45)42-26(2)39(46)47)43-37(44)32-16-14-29(15-17-32)28-12-13-28/h8-11,14-21,24-26,28,35,39,46-47H,3-7,12-13,22-23H2,1-2H3,(H,42,45)(H,43,44)/t26-,35+/m1/s1. The van der Waals surface area contributed by atoms with Gasteiger partial charge in [-0.3, -0.25) is 9.59 Å². The van der Waals surface area contributed by atoms with Crippen molar-refractivity contribution in [2.75, 3.05) is 6.61 Å². The molecule has 48 heavy (non-hydrogen) atoms. The second-order valence-corrected chi connectivity index (χ2v) is 12.6.